The third-order valence-corrected chi connectivity index (χ3v) is 6.90. The van der Waals surface area contributed by atoms with Gasteiger partial charge in [0.2, 0.25) is 11.8 Å². The summed E-state index contributed by atoms with van der Waals surface area (Å²) in [4.78, 5) is 26.5. The van der Waals surface area contributed by atoms with Crippen molar-refractivity contribution in [3.63, 3.8) is 0 Å². The van der Waals surface area contributed by atoms with Crippen LogP contribution in [0.25, 0.3) is 0 Å². The number of carbonyl (C=O) groups is 2. The van der Waals surface area contributed by atoms with Gasteiger partial charge in [-0.15, -0.1) is 0 Å². The maximum atomic E-state index is 13.0. The summed E-state index contributed by atoms with van der Waals surface area (Å²) in [6.07, 6.45) is -1.16. The molecule has 0 unspecified atom stereocenters. The third kappa shape index (κ3) is 4.44. The first-order chi connectivity index (χ1) is 14.1. The first kappa shape index (κ1) is 21.4. The third-order valence-electron chi connectivity index (χ3n) is 6.67. The summed E-state index contributed by atoms with van der Waals surface area (Å²) in [7, 11) is 0. The number of benzene rings is 1. The number of amides is 2. The van der Waals surface area contributed by atoms with Gasteiger partial charge in [0.25, 0.3) is 0 Å². The van der Waals surface area contributed by atoms with E-state index >= 15 is 0 Å². The number of carbonyl (C=O) groups excluding carboxylic acids is 2. The highest BCUT2D eigenvalue weighted by Crippen LogP contribution is 2.49. The minimum Gasteiger partial charge on any atom is -0.341 e. The van der Waals surface area contributed by atoms with E-state index < -0.39 is 17.6 Å². The van der Waals surface area contributed by atoms with Gasteiger partial charge in [0.1, 0.15) is 5.54 Å². The highest BCUT2D eigenvalue weighted by Gasteiger charge is 2.64. The Kier molecular flexibility index (Phi) is 5.51. The molecule has 1 saturated heterocycles. The molecule has 164 valence electrons. The van der Waals surface area contributed by atoms with Crippen LogP contribution in [0.5, 0.6) is 0 Å². The first-order valence-corrected chi connectivity index (χ1v) is 10.6. The highest BCUT2D eigenvalue weighted by molar-refractivity contribution is 6.30. The number of anilines is 1. The summed E-state index contributed by atoms with van der Waals surface area (Å²) < 4.78 is 38.9. The number of nitrogens with zero attached hydrogens (tertiary/aromatic N) is 1. The highest BCUT2D eigenvalue weighted by atomic mass is 35.5. The van der Waals surface area contributed by atoms with Crippen LogP contribution in [0.1, 0.15) is 38.5 Å². The van der Waals surface area contributed by atoms with E-state index in [1.807, 2.05) is 4.90 Å². The molecule has 2 amide bonds. The van der Waals surface area contributed by atoms with Crippen molar-refractivity contribution < 1.29 is 22.8 Å². The van der Waals surface area contributed by atoms with E-state index in [0.29, 0.717) is 23.8 Å². The average molecular weight is 444 g/mol. The normalized spacial score (nSPS) is 22.9. The molecule has 1 spiro atoms. The zero-order chi connectivity index (χ0) is 21.6. The Morgan fingerprint density at radius 1 is 1.13 bits per heavy atom. The Morgan fingerprint density at radius 3 is 2.37 bits per heavy atom. The molecule has 1 heterocycles. The molecule has 3 aliphatic rings. The predicted octanol–water partition coefficient (Wildman–Crippen LogP) is 3.98. The second-order valence-electron chi connectivity index (χ2n) is 9.05. The molecule has 5 nitrogen and oxygen atoms in total. The van der Waals surface area contributed by atoms with Crippen molar-refractivity contribution in [2.24, 2.45) is 11.3 Å². The van der Waals surface area contributed by atoms with E-state index in [1.165, 1.54) is 0 Å². The lowest BCUT2D eigenvalue weighted by Gasteiger charge is -2.53. The van der Waals surface area contributed by atoms with Crippen molar-refractivity contribution in [3.8, 4) is 0 Å². The first-order valence-electron chi connectivity index (χ1n) is 10.3. The van der Waals surface area contributed by atoms with Gasteiger partial charge in [0, 0.05) is 29.7 Å². The molecule has 0 bridgehead atoms. The van der Waals surface area contributed by atoms with Crippen molar-refractivity contribution in [2.45, 2.75) is 50.2 Å². The average Bonchev–Trinajstić information content (AvgIpc) is 3.41. The Bertz CT molecular complexity index is 825. The summed E-state index contributed by atoms with van der Waals surface area (Å²) in [6.45, 7) is 1.39. The van der Waals surface area contributed by atoms with Gasteiger partial charge in [-0.2, -0.15) is 13.2 Å². The molecule has 2 N–H and O–H groups in total. The molecule has 9 heteroatoms. The fourth-order valence-corrected chi connectivity index (χ4v) is 4.94. The summed E-state index contributed by atoms with van der Waals surface area (Å²) in [5.74, 6) is -0.632. The van der Waals surface area contributed by atoms with Crippen LogP contribution < -0.4 is 10.6 Å². The number of rotatable bonds is 5. The van der Waals surface area contributed by atoms with Crippen LogP contribution in [0.15, 0.2) is 24.3 Å². The lowest BCUT2D eigenvalue weighted by atomic mass is 9.65. The van der Waals surface area contributed by atoms with Gasteiger partial charge in [-0.25, -0.2) is 0 Å². The number of likely N-dealkylation sites (tertiary alicyclic amines) is 1. The fourth-order valence-electron chi connectivity index (χ4n) is 4.75. The van der Waals surface area contributed by atoms with Crippen LogP contribution >= 0.6 is 11.6 Å². The maximum absolute atomic E-state index is 13.0. The van der Waals surface area contributed by atoms with Gasteiger partial charge in [-0.1, -0.05) is 17.7 Å². The van der Waals surface area contributed by atoms with E-state index in [1.54, 1.807) is 24.3 Å². The zero-order valence-corrected chi connectivity index (χ0v) is 17.3. The number of hydrogen-bond acceptors (Lipinski definition) is 3. The minimum atomic E-state index is -4.39. The van der Waals surface area contributed by atoms with Gasteiger partial charge in [-0.05, 0) is 62.1 Å². The van der Waals surface area contributed by atoms with E-state index in [9.17, 15) is 22.8 Å². The topological polar surface area (TPSA) is 61.4 Å². The monoisotopic (exact) mass is 443 g/mol. The van der Waals surface area contributed by atoms with Crippen LogP contribution in [0, 0.1) is 11.3 Å². The molecule has 0 atom stereocenters. The van der Waals surface area contributed by atoms with E-state index in [-0.39, 0.29) is 36.6 Å². The van der Waals surface area contributed by atoms with Gasteiger partial charge in [0.05, 0.1) is 6.54 Å². The molecule has 0 radical (unpaired) electrons. The Balaban J connectivity index is 1.20. The van der Waals surface area contributed by atoms with E-state index in [4.69, 9.17) is 11.6 Å². The molecule has 0 aromatic heterocycles. The van der Waals surface area contributed by atoms with E-state index in [2.05, 4.69) is 10.6 Å². The lowest BCUT2D eigenvalue weighted by Crippen LogP contribution is -2.61. The number of halogens is 4. The van der Waals surface area contributed by atoms with Crippen molar-refractivity contribution in [1.29, 1.82) is 0 Å². The quantitative estimate of drug-likeness (QED) is 0.723. The smallest absolute Gasteiger partial charge is 0.341 e. The molecular weight excluding hydrogens is 419 g/mol. The molecule has 1 aliphatic heterocycles. The largest absolute Gasteiger partial charge is 0.411 e. The van der Waals surface area contributed by atoms with Gasteiger partial charge >= 0.3 is 6.18 Å². The molecular formula is C21H25ClF3N3O2. The SMILES string of the molecule is O=C(CN1CC2(CCC(C(=O)Nc3cccc(Cl)c3)CC2)C1)NC1(C(F)(F)F)CC1. The summed E-state index contributed by atoms with van der Waals surface area (Å²) in [6, 6.07) is 7.04. The minimum absolute atomic E-state index is 0.00172. The Morgan fingerprint density at radius 2 is 1.80 bits per heavy atom. The number of hydrogen-bond donors (Lipinski definition) is 2. The van der Waals surface area contributed by atoms with Crippen LogP contribution in [0.4, 0.5) is 18.9 Å². The Hall–Kier alpha value is -1.80. The number of nitrogens with one attached hydrogen (secondary N) is 2. The molecule has 2 aliphatic carbocycles. The zero-order valence-electron chi connectivity index (χ0n) is 16.5. The number of alkyl halides is 3. The van der Waals surface area contributed by atoms with Crippen molar-refractivity contribution in [2.75, 3.05) is 25.0 Å². The molecule has 1 aromatic carbocycles. The molecule has 3 fully saturated rings. The predicted molar refractivity (Wildman–Crippen MR) is 107 cm³/mol. The van der Waals surface area contributed by atoms with Crippen molar-refractivity contribution >= 4 is 29.1 Å². The second-order valence-corrected chi connectivity index (χ2v) is 9.48. The van der Waals surface area contributed by atoms with E-state index in [0.717, 1.165) is 25.7 Å². The summed E-state index contributed by atoms with van der Waals surface area (Å²) in [5, 5.41) is 5.66. The molecule has 2 saturated carbocycles. The molecule has 4 rings (SSSR count). The van der Waals surface area contributed by atoms with Gasteiger partial charge < -0.3 is 10.6 Å². The lowest BCUT2D eigenvalue weighted by molar-refractivity contribution is -0.171. The van der Waals surface area contributed by atoms with Crippen LogP contribution in [0.3, 0.4) is 0 Å². The van der Waals surface area contributed by atoms with Crippen LogP contribution in [0.2, 0.25) is 5.02 Å². The van der Waals surface area contributed by atoms with Crippen LogP contribution in [-0.4, -0.2) is 48.1 Å². The van der Waals surface area contributed by atoms with Crippen molar-refractivity contribution in [3.05, 3.63) is 29.3 Å². The standard InChI is InChI=1S/C21H25ClF3N3O2/c22-15-2-1-3-16(10-15)26-18(30)14-4-6-19(7-5-14)12-28(13-19)11-17(29)27-20(8-9-20)21(23,24)25/h1-3,10,14H,4-9,11-13H2,(H,26,30)(H,27,29). The Labute approximate surface area is 178 Å². The summed E-state index contributed by atoms with van der Waals surface area (Å²) >= 11 is 5.95. The van der Waals surface area contributed by atoms with Gasteiger partial charge in [-0.3, -0.25) is 14.5 Å². The van der Waals surface area contributed by atoms with Crippen LogP contribution in [-0.2, 0) is 9.59 Å². The molecule has 30 heavy (non-hydrogen) atoms. The molecule has 1 aromatic rings. The van der Waals surface area contributed by atoms with Gasteiger partial charge in [0.15, 0.2) is 0 Å². The maximum Gasteiger partial charge on any atom is 0.411 e. The van der Waals surface area contributed by atoms with Crippen molar-refractivity contribution in [1.82, 2.24) is 10.2 Å². The second kappa shape index (κ2) is 7.71. The fraction of sp³-hybridized carbons (Fsp3) is 0.619. The summed E-state index contributed by atoms with van der Waals surface area (Å²) in [5.41, 5.74) is -1.24.